The summed E-state index contributed by atoms with van der Waals surface area (Å²) in [5, 5.41) is 3.84. The Morgan fingerprint density at radius 2 is 1.91 bits per heavy atom. The number of hydrogen-bond donors (Lipinski definition) is 1. The van der Waals surface area contributed by atoms with Crippen molar-refractivity contribution in [3.05, 3.63) is 64.4 Å². The molecule has 2 heterocycles. The van der Waals surface area contributed by atoms with Crippen molar-refractivity contribution in [1.82, 2.24) is 9.80 Å². The first kappa shape index (κ1) is 23.4. The van der Waals surface area contributed by atoms with E-state index in [-0.39, 0.29) is 17.8 Å². The van der Waals surface area contributed by atoms with E-state index in [1.165, 1.54) is 12.1 Å². The molecule has 6 nitrogen and oxygen atoms in total. The minimum absolute atomic E-state index is 0.0920. The van der Waals surface area contributed by atoms with E-state index in [4.69, 9.17) is 16.3 Å². The predicted octanol–water partition coefficient (Wildman–Crippen LogP) is 5.06. The van der Waals surface area contributed by atoms with Crippen molar-refractivity contribution in [3.8, 4) is 0 Å². The standard InChI is InChI=1S/C25H29ClFN3O3/c1-25(2,3)22(28-18-8-5-7-17(27)12-18)23(31)29-11-10-19(14-29)33-24(32)30-13-16-6-4-9-21(26)20(16)15-30/h4-9,12,19,22,28H,10-11,13-15H2,1-3H3. The van der Waals surface area contributed by atoms with Gasteiger partial charge in [-0.3, -0.25) is 9.69 Å². The fourth-order valence-electron chi connectivity index (χ4n) is 4.33. The molecule has 0 radical (unpaired) electrons. The van der Waals surface area contributed by atoms with Gasteiger partial charge in [0.15, 0.2) is 0 Å². The van der Waals surface area contributed by atoms with Crippen molar-refractivity contribution >= 4 is 29.3 Å². The molecule has 176 valence electrons. The molecule has 2 aliphatic heterocycles. The number of halogens is 2. The summed E-state index contributed by atoms with van der Waals surface area (Å²) in [6.07, 6.45) is -0.183. The van der Waals surface area contributed by atoms with Gasteiger partial charge in [0.05, 0.1) is 13.1 Å². The molecule has 0 saturated carbocycles. The number of amides is 2. The number of carbonyl (C=O) groups is 2. The van der Waals surface area contributed by atoms with E-state index in [9.17, 15) is 14.0 Å². The van der Waals surface area contributed by atoms with Crippen molar-refractivity contribution in [2.75, 3.05) is 18.4 Å². The second-order valence-corrected chi connectivity index (χ2v) is 10.2. The highest BCUT2D eigenvalue weighted by molar-refractivity contribution is 6.31. The zero-order valence-electron chi connectivity index (χ0n) is 19.1. The first-order valence-electron chi connectivity index (χ1n) is 11.1. The summed E-state index contributed by atoms with van der Waals surface area (Å²) >= 11 is 6.25. The summed E-state index contributed by atoms with van der Waals surface area (Å²) in [5.41, 5.74) is 2.13. The molecule has 0 bridgehead atoms. The maximum Gasteiger partial charge on any atom is 0.410 e. The molecule has 0 aromatic heterocycles. The molecule has 0 spiro atoms. The highest BCUT2D eigenvalue weighted by Gasteiger charge is 2.39. The topological polar surface area (TPSA) is 61.9 Å². The summed E-state index contributed by atoms with van der Waals surface area (Å²) in [7, 11) is 0. The lowest BCUT2D eigenvalue weighted by molar-refractivity contribution is -0.133. The Labute approximate surface area is 198 Å². The molecular weight excluding hydrogens is 445 g/mol. The van der Waals surface area contributed by atoms with Gasteiger partial charge in [0.1, 0.15) is 18.0 Å². The largest absolute Gasteiger partial charge is 0.444 e. The molecule has 2 aromatic rings. The molecule has 0 aliphatic carbocycles. The van der Waals surface area contributed by atoms with Gasteiger partial charge in [-0.25, -0.2) is 9.18 Å². The van der Waals surface area contributed by atoms with Crippen LogP contribution in [0.2, 0.25) is 5.02 Å². The van der Waals surface area contributed by atoms with Crippen LogP contribution in [0.3, 0.4) is 0 Å². The summed E-state index contributed by atoms with van der Waals surface area (Å²) < 4.78 is 19.4. The van der Waals surface area contributed by atoms with Gasteiger partial charge in [0, 0.05) is 30.2 Å². The SMILES string of the molecule is CC(C)(C)C(Nc1cccc(F)c1)C(=O)N1CCC(OC(=O)N2Cc3cccc(Cl)c3C2)C1. The maximum atomic E-state index is 13.6. The lowest BCUT2D eigenvalue weighted by Gasteiger charge is -2.34. The molecule has 1 fully saturated rings. The van der Waals surface area contributed by atoms with E-state index in [1.54, 1.807) is 21.9 Å². The second kappa shape index (κ2) is 9.21. The van der Waals surface area contributed by atoms with Crippen LogP contribution in [0.1, 0.15) is 38.3 Å². The number of carbonyl (C=O) groups excluding carboxylic acids is 2. The third-order valence-corrected chi connectivity index (χ3v) is 6.51. The van der Waals surface area contributed by atoms with Crippen molar-refractivity contribution in [2.45, 2.75) is 52.4 Å². The van der Waals surface area contributed by atoms with Crippen LogP contribution in [-0.2, 0) is 22.6 Å². The van der Waals surface area contributed by atoms with E-state index < -0.39 is 17.6 Å². The molecular formula is C25H29ClFN3O3. The van der Waals surface area contributed by atoms with Gasteiger partial charge in [-0.2, -0.15) is 0 Å². The van der Waals surface area contributed by atoms with Crippen molar-refractivity contribution < 1.29 is 18.7 Å². The molecule has 1 saturated heterocycles. The van der Waals surface area contributed by atoms with Crippen molar-refractivity contribution in [3.63, 3.8) is 0 Å². The highest BCUT2D eigenvalue weighted by atomic mass is 35.5. The molecule has 2 unspecified atom stereocenters. The number of nitrogens with zero attached hydrogens (tertiary/aromatic N) is 2. The predicted molar refractivity (Wildman–Crippen MR) is 125 cm³/mol. The maximum absolute atomic E-state index is 13.6. The molecule has 33 heavy (non-hydrogen) atoms. The fourth-order valence-corrected chi connectivity index (χ4v) is 4.58. The lowest BCUT2D eigenvalue weighted by Crippen LogP contribution is -2.49. The van der Waals surface area contributed by atoms with Gasteiger partial charge < -0.3 is 15.0 Å². The molecule has 4 rings (SSSR count). The first-order valence-corrected chi connectivity index (χ1v) is 11.5. The van der Waals surface area contributed by atoms with Crippen LogP contribution in [0.4, 0.5) is 14.9 Å². The molecule has 2 atom stereocenters. The number of ether oxygens (including phenoxy) is 1. The average molecular weight is 474 g/mol. The monoisotopic (exact) mass is 473 g/mol. The van der Waals surface area contributed by atoms with Crippen LogP contribution in [0.25, 0.3) is 0 Å². The Kier molecular flexibility index (Phi) is 6.52. The van der Waals surface area contributed by atoms with Crippen LogP contribution in [0.5, 0.6) is 0 Å². The number of anilines is 1. The molecule has 2 aliphatic rings. The third kappa shape index (κ3) is 5.24. The highest BCUT2D eigenvalue weighted by Crippen LogP contribution is 2.31. The summed E-state index contributed by atoms with van der Waals surface area (Å²) in [6.45, 7) is 7.62. The normalized spacial score (nSPS) is 18.8. The van der Waals surface area contributed by atoms with E-state index in [1.807, 2.05) is 39.0 Å². The van der Waals surface area contributed by atoms with E-state index >= 15 is 0 Å². The van der Waals surface area contributed by atoms with Gasteiger partial charge in [-0.15, -0.1) is 0 Å². The minimum Gasteiger partial charge on any atom is -0.444 e. The quantitative estimate of drug-likeness (QED) is 0.674. The Balaban J connectivity index is 1.36. The van der Waals surface area contributed by atoms with Gasteiger partial charge in [-0.1, -0.05) is 50.6 Å². The summed E-state index contributed by atoms with van der Waals surface area (Å²) in [5.74, 6) is -0.454. The number of nitrogens with one attached hydrogen (secondary N) is 1. The smallest absolute Gasteiger partial charge is 0.410 e. The summed E-state index contributed by atoms with van der Waals surface area (Å²) in [4.78, 5) is 29.4. The first-order chi connectivity index (χ1) is 15.6. The van der Waals surface area contributed by atoms with Gasteiger partial charge >= 0.3 is 6.09 Å². The average Bonchev–Trinajstić information content (AvgIpc) is 3.39. The Morgan fingerprint density at radius 1 is 1.15 bits per heavy atom. The Bertz CT molecular complexity index is 1060. The summed E-state index contributed by atoms with van der Waals surface area (Å²) in [6, 6.07) is 11.2. The Hall–Kier alpha value is -2.80. The number of hydrogen-bond acceptors (Lipinski definition) is 4. The number of fused-ring (bicyclic) bond motifs is 1. The zero-order valence-corrected chi connectivity index (χ0v) is 19.9. The van der Waals surface area contributed by atoms with Crippen molar-refractivity contribution in [2.24, 2.45) is 5.41 Å². The van der Waals surface area contributed by atoms with Gasteiger partial charge in [-0.05, 0) is 40.8 Å². The molecule has 1 N–H and O–H groups in total. The molecule has 8 heteroatoms. The lowest BCUT2D eigenvalue weighted by atomic mass is 9.85. The number of likely N-dealkylation sites (tertiary alicyclic amines) is 1. The third-order valence-electron chi connectivity index (χ3n) is 6.16. The van der Waals surface area contributed by atoms with Crippen LogP contribution in [0.15, 0.2) is 42.5 Å². The second-order valence-electron chi connectivity index (χ2n) is 9.77. The van der Waals surface area contributed by atoms with E-state index in [0.29, 0.717) is 43.3 Å². The van der Waals surface area contributed by atoms with Crippen LogP contribution < -0.4 is 5.32 Å². The Morgan fingerprint density at radius 3 is 2.61 bits per heavy atom. The van der Waals surface area contributed by atoms with E-state index in [0.717, 1.165) is 11.1 Å². The number of benzene rings is 2. The van der Waals surface area contributed by atoms with Gasteiger partial charge in [0.2, 0.25) is 5.91 Å². The van der Waals surface area contributed by atoms with Gasteiger partial charge in [0.25, 0.3) is 0 Å². The minimum atomic E-state index is -0.552. The van der Waals surface area contributed by atoms with Crippen LogP contribution in [-0.4, -0.2) is 47.0 Å². The fraction of sp³-hybridized carbons (Fsp3) is 0.440. The van der Waals surface area contributed by atoms with E-state index in [2.05, 4.69) is 5.32 Å². The number of rotatable bonds is 4. The zero-order chi connectivity index (χ0) is 23.8. The molecule has 2 aromatic carbocycles. The van der Waals surface area contributed by atoms with Crippen molar-refractivity contribution in [1.29, 1.82) is 0 Å². The van der Waals surface area contributed by atoms with Crippen LogP contribution >= 0.6 is 11.6 Å². The molecule has 2 amide bonds. The van der Waals surface area contributed by atoms with Crippen LogP contribution in [0, 0.1) is 11.2 Å².